The average molecular weight is 652 g/mol. The number of carbonyl (C=O) groups excluding carboxylic acids is 5. The normalized spacial score (nSPS) is 38.6. The van der Waals surface area contributed by atoms with Crippen LogP contribution in [0.5, 0.6) is 0 Å². The molecular formula is C32H43BrO9. The molecule has 0 aromatic rings. The Hall–Kier alpha value is -2.33. The van der Waals surface area contributed by atoms with E-state index < -0.39 is 63.3 Å². The molecule has 0 radical (unpaired) electrons. The number of carbonyl (C=O) groups is 5. The molecule has 0 aromatic carbocycles. The van der Waals surface area contributed by atoms with Crippen LogP contribution in [0, 0.1) is 28.6 Å². The molecule has 0 heterocycles. The van der Waals surface area contributed by atoms with Crippen LogP contribution in [0.15, 0.2) is 23.8 Å². The van der Waals surface area contributed by atoms with E-state index in [0.717, 1.165) is 5.57 Å². The second-order valence-corrected chi connectivity index (χ2v) is 14.3. The monoisotopic (exact) mass is 650 g/mol. The van der Waals surface area contributed by atoms with Crippen molar-refractivity contribution in [2.45, 2.75) is 109 Å². The number of Topliss-reactive ketones (excluding diaryl/α,β-unsaturated/α-hetero) is 1. The molecule has 4 aliphatic rings. The summed E-state index contributed by atoms with van der Waals surface area (Å²) in [5, 5.41) is 12.4. The first kappa shape index (κ1) is 32.6. The summed E-state index contributed by atoms with van der Waals surface area (Å²) < 4.78 is 16.4. The topological polar surface area (TPSA) is 133 Å². The number of aliphatic hydroxyl groups excluding tert-OH is 1. The molecule has 8 atom stereocenters. The fourth-order valence-electron chi connectivity index (χ4n) is 8.19. The van der Waals surface area contributed by atoms with Crippen molar-refractivity contribution >= 4 is 45.4 Å². The Labute approximate surface area is 255 Å². The molecule has 0 unspecified atom stereocenters. The van der Waals surface area contributed by atoms with Gasteiger partial charge in [-0.1, -0.05) is 69.1 Å². The second kappa shape index (κ2) is 11.6. The van der Waals surface area contributed by atoms with Gasteiger partial charge in [0.05, 0.1) is 9.74 Å². The minimum Gasteiger partial charge on any atom is -0.459 e. The van der Waals surface area contributed by atoms with Gasteiger partial charge >= 0.3 is 17.9 Å². The van der Waals surface area contributed by atoms with E-state index in [0.29, 0.717) is 19.3 Å². The Morgan fingerprint density at radius 1 is 1.05 bits per heavy atom. The highest BCUT2D eigenvalue weighted by atomic mass is 79.9. The summed E-state index contributed by atoms with van der Waals surface area (Å²) in [7, 11) is 0. The van der Waals surface area contributed by atoms with E-state index in [9.17, 15) is 29.1 Å². The Morgan fingerprint density at radius 3 is 2.33 bits per heavy atom. The number of fused-ring (bicyclic) bond motifs is 5. The number of hydrogen-bond acceptors (Lipinski definition) is 9. The van der Waals surface area contributed by atoms with Crippen molar-refractivity contribution in [3.63, 3.8) is 0 Å². The lowest BCUT2D eigenvalue weighted by Crippen LogP contribution is -2.75. The fourth-order valence-corrected chi connectivity index (χ4v) is 9.37. The first-order valence-electron chi connectivity index (χ1n) is 15.0. The molecule has 10 heteroatoms. The van der Waals surface area contributed by atoms with Crippen LogP contribution < -0.4 is 0 Å². The van der Waals surface area contributed by atoms with Gasteiger partial charge in [0.25, 0.3) is 0 Å². The van der Waals surface area contributed by atoms with Crippen LogP contribution in [-0.2, 0) is 38.2 Å². The molecule has 42 heavy (non-hydrogen) atoms. The van der Waals surface area contributed by atoms with Crippen molar-refractivity contribution in [3.8, 4) is 0 Å². The summed E-state index contributed by atoms with van der Waals surface area (Å²) in [6, 6.07) is 0. The third-order valence-electron chi connectivity index (χ3n) is 10.4. The van der Waals surface area contributed by atoms with Gasteiger partial charge in [-0.05, 0) is 55.6 Å². The minimum absolute atomic E-state index is 0.00173. The number of alkyl halides is 1. The molecule has 0 saturated heterocycles. The van der Waals surface area contributed by atoms with Crippen molar-refractivity contribution < 1.29 is 43.3 Å². The Kier molecular flexibility index (Phi) is 9.03. The lowest BCUT2D eigenvalue weighted by Gasteiger charge is -2.66. The van der Waals surface area contributed by atoms with Gasteiger partial charge in [-0.25, -0.2) is 0 Å². The molecule has 3 fully saturated rings. The lowest BCUT2D eigenvalue weighted by molar-refractivity contribution is -0.239. The van der Waals surface area contributed by atoms with Crippen LogP contribution in [0.3, 0.4) is 0 Å². The molecule has 0 aliphatic heterocycles. The average Bonchev–Trinajstić information content (AvgIpc) is 3.23. The summed E-state index contributed by atoms with van der Waals surface area (Å²) >= 11 is 3.99. The third kappa shape index (κ3) is 4.81. The van der Waals surface area contributed by atoms with Crippen LogP contribution >= 0.6 is 15.9 Å². The van der Waals surface area contributed by atoms with Crippen molar-refractivity contribution in [1.29, 1.82) is 0 Å². The minimum atomic E-state index is -1.80. The van der Waals surface area contributed by atoms with Crippen LogP contribution in [-0.4, -0.2) is 63.3 Å². The number of esters is 3. The first-order chi connectivity index (χ1) is 19.6. The number of ether oxygens (including phenoxy) is 3. The maximum absolute atomic E-state index is 14.1. The molecule has 0 spiro atoms. The van der Waals surface area contributed by atoms with E-state index in [-0.39, 0.29) is 49.2 Å². The zero-order valence-electron chi connectivity index (χ0n) is 25.4. The maximum Gasteiger partial charge on any atom is 0.306 e. The van der Waals surface area contributed by atoms with E-state index in [1.165, 1.54) is 6.08 Å². The second-order valence-electron chi connectivity index (χ2n) is 13.0. The van der Waals surface area contributed by atoms with E-state index in [1.54, 1.807) is 26.8 Å². The predicted octanol–water partition coefficient (Wildman–Crippen LogP) is 4.56. The fraction of sp³-hybridized carbons (Fsp3) is 0.719. The van der Waals surface area contributed by atoms with Crippen LogP contribution in [0.25, 0.3) is 0 Å². The highest BCUT2D eigenvalue weighted by molar-refractivity contribution is 9.10. The lowest BCUT2D eigenvalue weighted by atomic mass is 9.45. The number of rotatable bonds is 9. The van der Waals surface area contributed by atoms with E-state index >= 15 is 0 Å². The van der Waals surface area contributed by atoms with Crippen molar-refractivity contribution in [1.82, 2.24) is 0 Å². The van der Waals surface area contributed by atoms with Gasteiger partial charge in [-0.15, -0.1) is 0 Å². The van der Waals surface area contributed by atoms with Gasteiger partial charge < -0.3 is 19.3 Å². The van der Waals surface area contributed by atoms with Crippen LogP contribution in [0.1, 0.15) is 86.5 Å². The highest BCUT2D eigenvalue weighted by Gasteiger charge is 2.79. The Morgan fingerprint density at radius 2 is 1.71 bits per heavy atom. The van der Waals surface area contributed by atoms with Gasteiger partial charge in [0.1, 0.15) is 12.2 Å². The summed E-state index contributed by atoms with van der Waals surface area (Å²) in [5.74, 6) is -3.04. The number of hydrogen-bond donors (Lipinski definition) is 1. The zero-order chi connectivity index (χ0) is 31.3. The van der Waals surface area contributed by atoms with Crippen molar-refractivity contribution in [2.75, 3.05) is 6.61 Å². The van der Waals surface area contributed by atoms with E-state index in [4.69, 9.17) is 14.2 Å². The number of halogens is 1. The summed E-state index contributed by atoms with van der Waals surface area (Å²) in [5.41, 5.74) is -3.05. The summed E-state index contributed by atoms with van der Waals surface area (Å²) in [6.45, 7) is 10.1. The SMILES string of the molecule is CCC(=O)OCC(=O)[C@@]1(OC(=O)CC)CC[C@H]2[C@@H]3CCC4=CC(=O)C=C[C@]4(C)[C@@]3(Br)[C@@H](O)[C@@H](OC(=O)CC(C)C)[C@@]21C. The molecule has 0 aromatic heterocycles. The molecule has 0 bridgehead atoms. The van der Waals surface area contributed by atoms with Gasteiger partial charge in [-0.2, -0.15) is 0 Å². The third-order valence-corrected chi connectivity index (χ3v) is 12.3. The first-order valence-corrected chi connectivity index (χ1v) is 15.8. The van der Waals surface area contributed by atoms with E-state index in [1.807, 2.05) is 26.8 Å². The molecule has 232 valence electrons. The Balaban J connectivity index is 1.91. The number of allylic oxidation sites excluding steroid dienone is 4. The molecular weight excluding hydrogens is 608 g/mol. The van der Waals surface area contributed by atoms with Crippen molar-refractivity contribution in [2.24, 2.45) is 28.6 Å². The summed E-state index contributed by atoms with van der Waals surface area (Å²) in [4.78, 5) is 64.8. The molecule has 9 nitrogen and oxygen atoms in total. The van der Waals surface area contributed by atoms with Gasteiger partial charge in [0, 0.05) is 24.7 Å². The van der Waals surface area contributed by atoms with Gasteiger partial charge in [0.15, 0.2) is 18.0 Å². The molecule has 4 aliphatic carbocycles. The zero-order valence-corrected chi connectivity index (χ0v) is 27.0. The highest BCUT2D eigenvalue weighted by Crippen LogP contribution is 2.72. The smallest absolute Gasteiger partial charge is 0.306 e. The standard InChI is InChI=1S/C32H43BrO9/c1-7-24(36)40-17-23(35)31(42-25(37)8-2)14-12-21-22-10-9-19-16-20(34)11-13-29(19,5)32(22,33)27(39)28(30(21,31)6)41-26(38)15-18(3)4/h11,13,16,18,21-22,27-28,39H,7-10,12,14-15,17H2,1-6H3/t21-,22-,27-,28+,29-,30+,31-,32-/m0/s1. The largest absolute Gasteiger partial charge is 0.459 e. The Bertz CT molecular complexity index is 1220. The van der Waals surface area contributed by atoms with Crippen molar-refractivity contribution in [3.05, 3.63) is 23.8 Å². The summed E-state index contributed by atoms with van der Waals surface area (Å²) in [6.07, 6.45) is 4.25. The molecule has 1 N–H and O–H groups in total. The molecule has 0 amide bonds. The molecule has 3 saturated carbocycles. The number of ketones is 2. The predicted molar refractivity (Wildman–Crippen MR) is 156 cm³/mol. The van der Waals surface area contributed by atoms with Gasteiger partial charge in [0.2, 0.25) is 5.78 Å². The van der Waals surface area contributed by atoms with Crippen LogP contribution in [0.2, 0.25) is 0 Å². The molecule has 4 rings (SSSR count). The maximum atomic E-state index is 14.1. The number of aliphatic hydroxyl groups is 1. The van der Waals surface area contributed by atoms with Gasteiger partial charge in [-0.3, -0.25) is 24.0 Å². The van der Waals surface area contributed by atoms with E-state index in [2.05, 4.69) is 15.9 Å². The quantitative estimate of drug-likeness (QED) is 0.216. The van der Waals surface area contributed by atoms with Crippen LogP contribution in [0.4, 0.5) is 0 Å².